The third-order valence-electron chi connectivity index (χ3n) is 4.18. The molecule has 3 nitrogen and oxygen atoms in total. The van der Waals surface area contributed by atoms with E-state index in [2.05, 4.69) is 4.98 Å². The minimum absolute atomic E-state index is 0. The van der Waals surface area contributed by atoms with Crippen molar-refractivity contribution in [3.63, 3.8) is 0 Å². The van der Waals surface area contributed by atoms with Crippen molar-refractivity contribution in [1.82, 2.24) is 4.98 Å². The lowest BCUT2D eigenvalue weighted by atomic mass is 9.85. The van der Waals surface area contributed by atoms with Crippen molar-refractivity contribution in [1.29, 1.82) is 0 Å². The summed E-state index contributed by atoms with van der Waals surface area (Å²) >= 11 is 1.47. The van der Waals surface area contributed by atoms with Crippen molar-refractivity contribution >= 4 is 17.1 Å². The van der Waals surface area contributed by atoms with Crippen LogP contribution in [0.5, 0.6) is 0 Å². The summed E-state index contributed by atoms with van der Waals surface area (Å²) in [6, 6.07) is 0. The van der Waals surface area contributed by atoms with Crippen LogP contribution in [0.15, 0.2) is 11.6 Å². The fraction of sp³-hybridized carbons (Fsp3) is 0.667. The SMILES string of the molecule is O=C(C[N+]12CCC(CC1)CC2)c1nccs1.[Br-]. The standard InChI is InChI=1S/C12H17N2OS.BrH/c15-11(12-13-4-8-16-12)9-14-5-1-10(2-6-14)3-7-14;/h4,8,10H,1-3,5-7,9H2;1H/q+1;/p-1. The van der Waals surface area contributed by atoms with Crippen LogP contribution < -0.4 is 17.0 Å². The lowest BCUT2D eigenvalue weighted by Crippen LogP contribution is -3.00. The molecule has 1 aromatic heterocycles. The Bertz CT molecular complexity index is 371. The monoisotopic (exact) mass is 316 g/mol. The van der Waals surface area contributed by atoms with Crippen molar-refractivity contribution in [2.45, 2.75) is 19.3 Å². The second kappa shape index (κ2) is 5.16. The van der Waals surface area contributed by atoms with Gasteiger partial charge in [-0.3, -0.25) is 4.79 Å². The summed E-state index contributed by atoms with van der Waals surface area (Å²) in [5, 5.41) is 2.58. The number of piperidine rings is 3. The molecular formula is C12H17BrN2OS. The molecule has 0 saturated carbocycles. The summed E-state index contributed by atoms with van der Waals surface area (Å²) in [4.78, 5) is 16.2. The Labute approximate surface area is 116 Å². The number of carbonyl (C=O) groups is 1. The number of carbonyl (C=O) groups excluding carboxylic acids is 1. The highest BCUT2D eigenvalue weighted by molar-refractivity contribution is 7.11. The molecule has 0 unspecified atom stereocenters. The number of fused-ring (bicyclic) bond motifs is 3. The topological polar surface area (TPSA) is 30.0 Å². The minimum Gasteiger partial charge on any atom is -1.00 e. The molecule has 0 N–H and O–H groups in total. The molecule has 0 aromatic carbocycles. The van der Waals surface area contributed by atoms with E-state index in [-0.39, 0.29) is 22.8 Å². The second-order valence-corrected chi connectivity index (χ2v) is 6.06. The van der Waals surface area contributed by atoms with Crippen LogP contribution in [0.2, 0.25) is 0 Å². The molecule has 4 heterocycles. The lowest BCUT2D eigenvalue weighted by Gasteiger charge is -2.48. The van der Waals surface area contributed by atoms with Gasteiger partial charge in [-0.25, -0.2) is 4.98 Å². The molecule has 4 rings (SSSR count). The minimum atomic E-state index is 0. The van der Waals surface area contributed by atoms with E-state index in [1.165, 1.54) is 50.2 Å². The van der Waals surface area contributed by atoms with Crippen LogP contribution in [-0.2, 0) is 0 Å². The smallest absolute Gasteiger partial charge is 0.245 e. The number of aromatic nitrogens is 1. The van der Waals surface area contributed by atoms with E-state index >= 15 is 0 Å². The average Bonchev–Trinajstić information content (AvgIpc) is 2.84. The number of halogens is 1. The fourth-order valence-electron chi connectivity index (χ4n) is 3.11. The molecule has 94 valence electrons. The number of Topliss-reactive ketones (excluding diaryl/α,β-unsaturated/α-hetero) is 1. The summed E-state index contributed by atoms with van der Waals surface area (Å²) in [5.41, 5.74) is 0. The number of hydrogen-bond donors (Lipinski definition) is 0. The van der Waals surface area contributed by atoms with Gasteiger partial charge in [-0.15, -0.1) is 11.3 Å². The van der Waals surface area contributed by atoms with Gasteiger partial charge in [0, 0.05) is 11.6 Å². The first kappa shape index (κ1) is 13.2. The Morgan fingerprint density at radius 1 is 1.35 bits per heavy atom. The van der Waals surface area contributed by atoms with Gasteiger partial charge in [0.1, 0.15) is 6.54 Å². The number of quaternary nitrogens is 1. The molecule has 0 aliphatic carbocycles. The van der Waals surface area contributed by atoms with E-state index in [9.17, 15) is 4.79 Å². The molecule has 17 heavy (non-hydrogen) atoms. The maximum Gasteiger partial charge on any atom is 0.245 e. The molecule has 5 heteroatoms. The maximum absolute atomic E-state index is 12.1. The predicted octanol–water partition coefficient (Wildman–Crippen LogP) is -1.04. The molecule has 0 spiro atoms. The van der Waals surface area contributed by atoms with Gasteiger partial charge >= 0.3 is 0 Å². The third kappa shape index (κ3) is 2.61. The van der Waals surface area contributed by atoms with Crippen molar-refractivity contribution < 1.29 is 26.3 Å². The summed E-state index contributed by atoms with van der Waals surface area (Å²) < 4.78 is 1.04. The first-order valence-electron chi connectivity index (χ1n) is 6.05. The van der Waals surface area contributed by atoms with Gasteiger partial charge in [-0.2, -0.15) is 0 Å². The van der Waals surface area contributed by atoms with Crippen molar-refractivity contribution in [3.8, 4) is 0 Å². The molecule has 3 saturated heterocycles. The van der Waals surface area contributed by atoms with Gasteiger partial charge in [0.15, 0.2) is 5.01 Å². The van der Waals surface area contributed by atoms with Crippen LogP contribution in [0.3, 0.4) is 0 Å². The zero-order chi connectivity index (χ0) is 11.0. The van der Waals surface area contributed by atoms with Crippen LogP contribution in [0.4, 0.5) is 0 Å². The fourth-order valence-corrected chi connectivity index (χ4v) is 3.68. The van der Waals surface area contributed by atoms with Gasteiger partial charge in [-0.05, 0) is 25.2 Å². The van der Waals surface area contributed by atoms with E-state index in [1.54, 1.807) is 6.20 Å². The highest BCUT2D eigenvalue weighted by atomic mass is 79.9. The maximum atomic E-state index is 12.1. The zero-order valence-electron chi connectivity index (χ0n) is 9.77. The first-order chi connectivity index (χ1) is 7.77. The van der Waals surface area contributed by atoms with Gasteiger partial charge in [-0.1, -0.05) is 0 Å². The zero-order valence-corrected chi connectivity index (χ0v) is 12.2. The van der Waals surface area contributed by atoms with E-state index in [4.69, 9.17) is 0 Å². The van der Waals surface area contributed by atoms with Gasteiger partial charge in [0.2, 0.25) is 5.78 Å². The largest absolute Gasteiger partial charge is 1.00 e. The molecular weight excluding hydrogens is 300 g/mol. The quantitative estimate of drug-likeness (QED) is 0.527. The molecule has 1 aromatic rings. The van der Waals surface area contributed by atoms with E-state index < -0.39 is 0 Å². The van der Waals surface area contributed by atoms with E-state index in [1.807, 2.05) is 5.38 Å². The highest BCUT2D eigenvalue weighted by Crippen LogP contribution is 2.33. The molecule has 2 bridgehead atoms. The summed E-state index contributed by atoms with van der Waals surface area (Å²) in [5.74, 6) is 1.20. The highest BCUT2D eigenvalue weighted by Gasteiger charge is 2.41. The predicted molar refractivity (Wildman–Crippen MR) is 63.5 cm³/mol. The Hall–Kier alpha value is -0.260. The number of nitrogens with zero attached hydrogens (tertiary/aromatic N) is 2. The van der Waals surface area contributed by atoms with Gasteiger partial charge in [0.25, 0.3) is 0 Å². The summed E-state index contributed by atoms with van der Waals surface area (Å²) in [7, 11) is 0. The van der Waals surface area contributed by atoms with E-state index in [0.717, 1.165) is 10.4 Å². The Morgan fingerprint density at radius 3 is 2.53 bits per heavy atom. The van der Waals surface area contributed by atoms with Crippen LogP contribution in [0.1, 0.15) is 29.1 Å². The summed E-state index contributed by atoms with van der Waals surface area (Å²) in [6.45, 7) is 4.31. The number of hydrogen-bond acceptors (Lipinski definition) is 3. The molecule has 3 fully saturated rings. The Kier molecular flexibility index (Phi) is 4.00. The van der Waals surface area contributed by atoms with Crippen molar-refractivity contribution in [2.24, 2.45) is 5.92 Å². The lowest BCUT2D eigenvalue weighted by molar-refractivity contribution is -0.935. The Morgan fingerprint density at radius 2 is 2.00 bits per heavy atom. The Balaban J connectivity index is 0.00000108. The molecule has 0 amide bonds. The van der Waals surface area contributed by atoms with Crippen LogP contribution in [-0.4, -0.2) is 41.4 Å². The number of ketones is 1. The van der Waals surface area contributed by atoms with Gasteiger partial charge in [0.05, 0.1) is 19.6 Å². The third-order valence-corrected chi connectivity index (χ3v) is 5.00. The van der Waals surface area contributed by atoms with Gasteiger partial charge < -0.3 is 21.5 Å². The van der Waals surface area contributed by atoms with Crippen molar-refractivity contribution in [3.05, 3.63) is 16.6 Å². The molecule has 3 aliphatic rings. The number of rotatable bonds is 3. The summed E-state index contributed by atoms with van der Waals surface area (Å²) in [6.07, 6.45) is 5.70. The number of thiazole rings is 1. The molecule has 3 aliphatic heterocycles. The van der Waals surface area contributed by atoms with Crippen LogP contribution >= 0.6 is 11.3 Å². The first-order valence-corrected chi connectivity index (χ1v) is 6.93. The second-order valence-electron chi connectivity index (χ2n) is 5.16. The van der Waals surface area contributed by atoms with Crippen LogP contribution in [0, 0.1) is 5.92 Å². The van der Waals surface area contributed by atoms with E-state index in [0.29, 0.717) is 11.6 Å². The molecule has 0 atom stereocenters. The average molecular weight is 317 g/mol. The van der Waals surface area contributed by atoms with Crippen LogP contribution in [0.25, 0.3) is 0 Å². The normalized spacial score (nSPS) is 30.9. The molecule has 0 radical (unpaired) electrons. The van der Waals surface area contributed by atoms with Crippen molar-refractivity contribution in [2.75, 3.05) is 26.2 Å².